The van der Waals surface area contributed by atoms with Crippen molar-refractivity contribution in [3.05, 3.63) is 64.8 Å². The molecule has 40 heavy (non-hydrogen) atoms. The molecule has 10 nitrogen and oxygen atoms in total. The average Bonchev–Trinajstić information content (AvgIpc) is 3.19. The Hall–Kier alpha value is -3.67. The second-order valence-electron chi connectivity index (χ2n) is 8.84. The molecule has 14 heteroatoms. The molecule has 1 aromatic heterocycles. The van der Waals surface area contributed by atoms with Gasteiger partial charge in [0.05, 0.1) is 44.3 Å². The fraction of sp³-hybridized carbons (Fsp3) is 0.346. The summed E-state index contributed by atoms with van der Waals surface area (Å²) in [6, 6.07) is 9.75. The summed E-state index contributed by atoms with van der Waals surface area (Å²) in [5, 5.41) is 5.57. The highest BCUT2D eigenvalue weighted by Crippen LogP contribution is 2.51. The molecule has 0 saturated carbocycles. The van der Waals surface area contributed by atoms with Crippen molar-refractivity contribution in [2.75, 3.05) is 38.0 Å². The Kier molecular flexibility index (Phi) is 8.67. The number of hydrogen-bond donors (Lipinski definition) is 2. The van der Waals surface area contributed by atoms with Gasteiger partial charge in [0, 0.05) is 24.5 Å². The third-order valence-electron chi connectivity index (χ3n) is 6.03. The van der Waals surface area contributed by atoms with Crippen LogP contribution in [0.4, 0.5) is 36.3 Å². The maximum atomic E-state index is 13.9. The van der Waals surface area contributed by atoms with Crippen LogP contribution in [0.3, 0.4) is 0 Å². The zero-order valence-electron chi connectivity index (χ0n) is 22.3. The van der Waals surface area contributed by atoms with Crippen LogP contribution in [-0.2, 0) is 32.5 Å². The number of methoxy groups -OCH3 is 1. The number of nitrogens with one attached hydrogen (secondary N) is 2. The fourth-order valence-electron chi connectivity index (χ4n) is 4.27. The number of amides is 1. The van der Waals surface area contributed by atoms with E-state index in [-0.39, 0.29) is 49.0 Å². The lowest BCUT2D eigenvalue weighted by molar-refractivity contribution is -0.137. The van der Waals surface area contributed by atoms with Crippen LogP contribution in [0.5, 0.6) is 5.75 Å². The Morgan fingerprint density at radius 2 is 1.73 bits per heavy atom. The van der Waals surface area contributed by atoms with Gasteiger partial charge in [-0.1, -0.05) is 12.1 Å². The molecule has 0 atom stereocenters. The van der Waals surface area contributed by atoms with E-state index >= 15 is 0 Å². The summed E-state index contributed by atoms with van der Waals surface area (Å²) in [6.07, 6.45) is -4.02. The second-order valence-corrected chi connectivity index (χ2v) is 10.9. The largest absolute Gasteiger partial charge is 0.496 e. The molecule has 0 fully saturated rings. The highest BCUT2D eigenvalue weighted by atomic mass is 31.2. The van der Waals surface area contributed by atoms with Crippen LogP contribution in [0.2, 0.25) is 0 Å². The lowest BCUT2D eigenvalue weighted by atomic mass is 10.1. The standard InChI is InChI=1S/C26H29F3N5O5P/c1-5-38-40(36,39-6-2)15-16-7-9-17(10-8-16)31-25-30-13-19(26(27,28)29)23(33-25)32-20-11-12-21(37-4)18-14-34(3)24(35)22(18)20/h7-13H,5-6,14-15H2,1-4H3,(H2,30,31,32,33). The van der Waals surface area contributed by atoms with Crippen molar-refractivity contribution in [2.45, 2.75) is 32.7 Å². The summed E-state index contributed by atoms with van der Waals surface area (Å²) in [5.41, 5.74) is 1.03. The van der Waals surface area contributed by atoms with Gasteiger partial charge in [-0.25, -0.2) is 4.98 Å². The first-order chi connectivity index (χ1) is 19.0. The van der Waals surface area contributed by atoms with Gasteiger partial charge < -0.3 is 29.3 Å². The summed E-state index contributed by atoms with van der Waals surface area (Å²) < 4.78 is 70.3. The molecule has 3 aromatic rings. The number of fused-ring (bicyclic) bond motifs is 1. The molecule has 0 aliphatic carbocycles. The predicted molar refractivity (Wildman–Crippen MR) is 143 cm³/mol. The van der Waals surface area contributed by atoms with Gasteiger partial charge in [0.1, 0.15) is 17.1 Å². The van der Waals surface area contributed by atoms with E-state index in [0.717, 1.165) is 0 Å². The van der Waals surface area contributed by atoms with Gasteiger partial charge in [0.2, 0.25) is 5.95 Å². The molecular weight excluding hydrogens is 550 g/mol. The highest BCUT2D eigenvalue weighted by Gasteiger charge is 2.37. The SMILES string of the molecule is CCOP(=O)(Cc1ccc(Nc2ncc(C(F)(F)F)c(Nc3ccc(OC)c4c3C(=O)N(C)C4)n2)cc1)OCC. The van der Waals surface area contributed by atoms with Crippen molar-refractivity contribution in [3.8, 4) is 5.75 Å². The van der Waals surface area contributed by atoms with Crippen LogP contribution < -0.4 is 15.4 Å². The topological polar surface area (TPSA) is 115 Å². The van der Waals surface area contributed by atoms with Crippen LogP contribution in [0.1, 0.15) is 40.9 Å². The molecule has 0 spiro atoms. The number of benzene rings is 2. The maximum absolute atomic E-state index is 13.9. The smallest absolute Gasteiger partial charge is 0.421 e. The first kappa shape index (κ1) is 29.3. The second kappa shape index (κ2) is 11.8. The van der Waals surface area contributed by atoms with Crippen molar-refractivity contribution in [2.24, 2.45) is 0 Å². The van der Waals surface area contributed by atoms with Gasteiger partial charge in [0.25, 0.3) is 5.91 Å². The number of aromatic nitrogens is 2. The molecular formula is C26H29F3N5O5P. The molecule has 0 unspecified atom stereocenters. The van der Waals surface area contributed by atoms with Crippen molar-refractivity contribution < 1.29 is 36.3 Å². The van der Waals surface area contributed by atoms with E-state index < -0.39 is 25.2 Å². The monoisotopic (exact) mass is 579 g/mol. The Morgan fingerprint density at radius 1 is 1.05 bits per heavy atom. The summed E-state index contributed by atoms with van der Waals surface area (Å²) in [7, 11) is -0.247. The summed E-state index contributed by atoms with van der Waals surface area (Å²) in [4.78, 5) is 22.1. The van der Waals surface area contributed by atoms with E-state index in [4.69, 9.17) is 13.8 Å². The van der Waals surface area contributed by atoms with Gasteiger partial charge in [-0.15, -0.1) is 0 Å². The first-order valence-corrected chi connectivity index (χ1v) is 14.1. The number of nitrogens with zero attached hydrogens (tertiary/aromatic N) is 3. The quantitative estimate of drug-likeness (QED) is 0.251. The number of hydrogen-bond acceptors (Lipinski definition) is 9. The van der Waals surface area contributed by atoms with Crippen molar-refractivity contribution in [1.82, 2.24) is 14.9 Å². The van der Waals surface area contributed by atoms with Crippen molar-refractivity contribution >= 4 is 36.6 Å². The van der Waals surface area contributed by atoms with E-state index in [2.05, 4.69) is 20.6 Å². The minimum atomic E-state index is -4.76. The number of anilines is 4. The zero-order valence-corrected chi connectivity index (χ0v) is 23.2. The van der Waals surface area contributed by atoms with Crippen LogP contribution in [0.15, 0.2) is 42.6 Å². The molecule has 0 radical (unpaired) electrons. The van der Waals surface area contributed by atoms with Crippen LogP contribution in [0, 0.1) is 0 Å². The molecule has 2 N–H and O–H groups in total. The van der Waals surface area contributed by atoms with E-state index in [1.165, 1.54) is 18.1 Å². The van der Waals surface area contributed by atoms with E-state index in [1.807, 2.05) is 0 Å². The Bertz CT molecular complexity index is 1430. The summed E-state index contributed by atoms with van der Waals surface area (Å²) >= 11 is 0. The summed E-state index contributed by atoms with van der Waals surface area (Å²) in [6.45, 7) is 4.19. The number of carbonyl (C=O) groups excluding carboxylic acids is 1. The Balaban J connectivity index is 1.61. The molecule has 4 rings (SSSR count). The van der Waals surface area contributed by atoms with Crippen LogP contribution in [0.25, 0.3) is 0 Å². The predicted octanol–water partition coefficient (Wildman–Crippen LogP) is 6.34. The van der Waals surface area contributed by atoms with Crippen molar-refractivity contribution in [3.63, 3.8) is 0 Å². The number of alkyl halides is 3. The lowest BCUT2D eigenvalue weighted by Crippen LogP contribution is -2.18. The van der Waals surface area contributed by atoms with Crippen LogP contribution >= 0.6 is 7.60 Å². The molecule has 0 saturated heterocycles. The molecule has 214 valence electrons. The average molecular weight is 580 g/mol. The van der Waals surface area contributed by atoms with Gasteiger partial charge in [-0.2, -0.15) is 18.2 Å². The molecule has 1 aliphatic rings. The number of halogens is 3. The fourth-order valence-corrected chi connectivity index (χ4v) is 5.97. The first-order valence-electron chi connectivity index (χ1n) is 12.4. The van der Waals surface area contributed by atoms with Gasteiger partial charge in [-0.3, -0.25) is 9.36 Å². The van der Waals surface area contributed by atoms with Gasteiger partial charge >= 0.3 is 13.8 Å². The van der Waals surface area contributed by atoms with E-state index in [1.54, 1.807) is 51.2 Å². The lowest BCUT2D eigenvalue weighted by Gasteiger charge is -2.18. The Morgan fingerprint density at radius 3 is 2.33 bits per heavy atom. The van der Waals surface area contributed by atoms with Crippen LogP contribution in [-0.4, -0.2) is 48.1 Å². The van der Waals surface area contributed by atoms with Gasteiger partial charge in [0.15, 0.2) is 0 Å². The maximum Gasteiger partial charge on any atom is 0.421 e. The van der Waals surface area contributed by atoms with Crippen molar-refractivity contribution in [1.29, 1.82) is 0 Å². The zero-order chi connectivity index (χ0) is 29.1. The molecule has 1 amide bonds. The van der Waals surface area contributed by atoms with Gasteiger partial charge in [-0.05, 0) is 43.7 Å². The minimum absolute atomic E-state index is 0.0693. The Labute approximate surface area is 229 Å². The normalized spacial score (nSPS) is 13.4. The molecule has 0 bridgehead atoms. The summed E-state index contributed by atoms with van der Waals surface area (Å²) in [5.74, 6) is -0.519. The third kappa shape index (κ3) is 6.38. The number of carbonyl (C=O) groups is 1. The number of ether oxygens (including phenoxy) is 1. The molecule has 2 heterocycles. The molecule has 2 aromatic carbocycles. The van der Waals surface area contributed by atoms with E-state index in [0.29, 0.717) is 28.8 Å². The molecule has 1 aliphatic heterocycles. The number of rotatable bonds is 11. The third-order valence-corrected chi connectivity index (χ3v) is 8.09. The minimum Gasteiger partial charge on any atom is -0.496 e. The highest BCUT2D eigenvalue weighted by molar-refractivity contribution is 7.53. The van der Waals surface area contributed by atoms with E-state index in [9.17, 15) is 22.5 Å².